The van der Waals surface area contributed by atoms with Crippen molar-refractivity contribution in [3.05, 3.63) is 17.8 Å². The molecule has 7 heteroatoms. The molecule has 0 amide bonds. The van der Waals surface area contributed by atoms with Gasteiger partial charge in [-0.1, -0.05) is 0 Å². The van der Waals surface area contributed by atoms with Crippen LogP contribution in [0, 0.1) is 0 Å². The van der Waals surface area contributed by atoms with E-state index >= 15 is 0 Å². The van der Waals surface area contributed by atoms with E-state index in [4.69, 9.17) is 4.74 Å². The number of hydrogen-bond acceptors (Lipinski definition) is 6. The molecule has 1 aromatic heterocycles. The van der Waals surface area contributed by atoms with Gasteiger partial charge in [-0.25, -0.2) is 8.42 Å². The van der Waals surface area contributed by atoms with Gasteiger partial charge in [0.25, 0.3) is 0 Å². The number of aromatic nitrogens is 2. The van der Waals surface area contributed by atoms with Crippen LogP contribution in [0.3, 0.4) is 0 Å². The van der Waals surface area contributed by atoms with E-state index in [1.54, 1.807) is 12.1 Å². The summed E-state index contributed by atoms with van der Waals surface area (Å²) in [5.74, 6) is 0.435. The van der Waals surface area contributed by atoms with Crippen LogP contribution in [0.4, 0.5) is 0 Å². The van der Waals surface area contributed by atoms with Gasteiger partial charge in [-0.15, -0.1) is 10.2 Å². The molecule has 0 saturated carbocycles. The smallest absolute Gasteiger partial charge is 0.233 e. The Morgan fingerprint density at radius 2 is 2.12 bits per heavy atom. The Morgan fingerprint density at radius 1 is 1.41 bits per heavy atom. The molecule has 0 radical (unpaired) electrons. The van der Waals surface area contributed by atoms with Crippen molar-refractivity contribution in [2.45, 2.75) is 18.9 Å². The number of rotatable bonds is 6. The fraction of sp³-hybridized carbons (Fsp3) is 0.600. The van der Waals surface area contributed by atoms with Crippen molar-refractivity contribution in [3.63, 3.8) is 0 Å². The summed E-state index contributed by atoms with van der Waals surface area (Å²) < 4.78 is 26.7. The maximum atomic E-state index is 10.9. The molecule has 0 aliphatic rings. The van der Waals surface area contributed by atoms with E-state index in [9.17, 15) is 13.5 Å². The Labute approximate surface area is 101 Å². The Hall–Kier alpha value is -1.21. The first kappa shape index (κ1) is 13.9. The van der Waals surface area contributed by atoms with Crippen molar-refractivity contribution in [2.24, 2.45) is 0 Å². The topological polar surface area (TPSA) is 89.4 Å². The quantitative estimate of drug-likeness (QED) is 0.793. The number of nitrogens with zero attached hydrogens (tertiary/aromatic N) is 2. The summed E-state index contributed by atoms with van der Waals surface area (Å²) in [7, 11) is -1.50. The summed E-state index contributed by atoms with van der Waals surface area (Å²) in [4.78, 5) is 0. The van der Waals surface area contributed by atoms with Crippen LogP contribution in [-0.4, -0.2) is 42.8 Å². The molecule has 96 valence electrons. The lowest BCUT2D eigenvalue weighted by Gasteiger charge is -2.08. The Bertz CT molecular complexity index is 444. The van der Waals surface area contributed by atoms with Gasteiger partial charge in [-0.3, -0.25) is 0 Å². The predicted octanol–water partition coefficient (Wildman–Crippen LogP) is 0.343. The van der Waals surface area contributed by atoms with E-state index < -0.39 is 15.9 Å². The molecule has 0 aliphatic heterocycles. The molecule has 0 saturated heterocycles. The van der Waals surface area contributed by atoms with Crippen LogP contribution < -0.4 is 4.74 Å². The van der Waals surface area contributed by atoms with Crippen LogP contribution in [0.25, 0.3) is 0 Å². The molecule has 6 nitrogen and oxygen atoms in total. The van der Waals surface area contributed by atoms with E-state index in [1.807, 2.05) is 0 Å². The highest BCUT2D eigenvalue weighted by Gasteiger charge is 2.11. The fourth-order valence-electron chi connectivity index (χ4n) is 1.30. The number of hydrogen-bond donors (Lipinski definition) is 1. The summed E-state index contributed by atoms with van der Waals surface area (Å²) in [5, 5.41) is 17.3. The zero-order chi connectivity index (χ0) is 12.9. The van der Waals surface area contributed by atoms with Crippen molar-refractivity contribution < 1.29 is 18.3 Å². The second kappa shape index (κ2) is 5.92. The maximum Gasteiger partial charge on any atom is 0.233 e. The largest absolute Gasteiger partial charge is 0.480 e. The molecule has 1 heterocycles. The van der Waals surface area contributed by atoms with E-state index in [1.165, 1.54) is 13.4 Å². The minimum atomic E-state index is -2.98. The van der Waals surface area contributed by atoms with Crippen LogP contribution in [0.1, 0.15) is 24.6 Å². The third-order valence-corrected chi connectivity index (χ3v) is 3.23. The van der Waals surface area contributed by atoms with Crippen LogP contribution in [0.5, 0.6) is 5.88 Å². The summed E-state index contributed by atoms with van der Waals surface area (Å²) in [6, 6.07) is 3.21. The minimum absolute atomic E-state index is 0.0631. The molecule has 0 aliphatic carbocycles. The lowest BCUT2D eigenvalue weighted by Crippen LogP contribution is -2.07. The molecular weight excluding hydrogens is 244 g/mol. The van der Waals surface area contributed by atoms with Gasteiger partial charge in [0, 0.05) is 18.1 Å². The number of sulfone groups is 1. The van der Waals surface area contributed by atoms with E-state index in [-0.39, 0.29) is 5.75 Å². The summed E-state index contributed by atoms with van der Waals surface area (Å²) >= 11 is 0. The molecule has 17 heavy (non-hydrogen) atoms. The zero-order valence-electron chi connectivity index (χ0n) is 9.83. The zero-order valence-corrected chi connectivity index (χ0v) is 10.6. The second-order valence-electron chi connectivity index (χ2n) is 3.79. The molecule has 1 rings (SSSR count). The molecule has 0 aromatic carbocycles. The van der Waals surface area contributed by atoms with E-state index in [0.29, 0.717) is 24.4 Å². The average molecular weight is 260 g/mol. The third-order valence-electron chi connectivity index (χ3n) is 2.20. The van der Waals surface area contributed by atoms with Gasteiger partial charge in [-0.05, 0) is 18.9 Å². The van der Waals surface area contributed by atoms with Crippen molar-refractivity contribution in [1.82, 2.24) is 10.2 Å². The predicted molar refractivity (Wildman–Crippen MR) is 62.5 cm³/mol. The fourth-order valence-corrected chi connectivity index (χ4v) is 1.99. The van der Waals surface area contributed by atoms with Crippen LogP contribution in [0.2, 0.25) is 0 Å². The Kier molecular flexibility index (Phi) is 4.83. The van der Waals surface area contributed by atoms with Gasteiger partial charge >= 0.3 is 0 Å². The lowest BCUT2D eigenvalue weighted by molar-refractivity contribution is 0.160. The Morgan fingerprint density at radius 3 is 2.59 bits per heavy atom. The van der Waals surface area contributed by atoms with Gasteiger partial charge < -0.3 is 9.84 Å². The van der Waals surface area contributed by atoms with Gasteiger partial charge in [0.2, 0.25) is 5.88 Å². The molecular formula is C10H16N2O4S. The van der Waals surface area contributed by atoms with Gasteiger partial charge in [0.15, 0.2) is 0 Å². The number of methoxy groups -OCH3 is 1. The van der Waals surface area contributed by atoms with E-state index in [0.717, 1.165) is 0 Å². The van der Waals surface area contributed by atoms with Crippen LogP contribution >= 0.6 is 0 Å². The third kappa shape index (κ3) is 5.10. The van der Waals surface area contributed by atoms with Gasteiger partial charge in [0.05, 0.1) is 18.9 Å². The van der Waals surface area contributed by atoms with Crippen LogP contribution in [0.15, 0.2) is 12.1 Å². The first-order valence-electron chi connectivity index (χ1n) is 5.16. The highest BCUT2D eigenvalue weighted by Crippen LogP contribution is 2.17. The number of aliphatic hydroxyl groups is 1. The molecule has 0 bridgehead atoms. The molecule has 1 unspecified atom stereocenters. The first-order chi connectivity index (χ1) is 7.92. The molecule has 1 atom stereocenters. The van der Waals surface area contributed by atoms with Crippen molar-refractivity contribution >= 4 is 9.84 Å². The van der Waals surface area contributed by atoms with Gasteiger partial charge in [0.1, 0.15) is 9.84 Å². The maximum absolute atomic E-state index is 10.9. The van der Waals surface area contributed by atoms with Crippen molar-refractivity contribution in [1.29, 1.82) is 0 Å². The molecule has 0 fully saturated rings. The highest BCUT2D eigenvalue weighted by molar-refractivity contribution is 7.90. The molecule has 1 aromatic rings. The number of aliphatic hydroxyl groups excluding tert-OH is 1. The summed E-state index contributed by atoms with van der Waals surface area (Å²) in [6.07, 6.45) is 1.11. The monoisotopic (exact) mass is 260 g/mol. The average Bonchev–Trinajstić information content (AvgIpc) is 2.27. The second-order valence-corrected chi connectivity index (χ2v) is 6.05. The van der Waals surface area contributed by atoms with Crippen molar-refractivity contribution in [2.75, 3.05) is 19.1 Å². The molecule has 1 N–H and O–H groups in total. The lowest BCUT2D eigenvalue weighted by atomic mass is 10.1. The molecule has 0 spiro atoms. The standard InChI is InChI=1S/C10H16N2O4S/c1-16-10-6-5-8(11-12-10)9(13)4-3-7-17(2,14)15/h5-6,9,13H,3-4,7H2,1-2H3. The van der Waals surface area contributed by atoms with Gasteiger partial charge in [-0.2, -0.15) is 0 Å². The van der Waals surface area contributed by atoms with E-state index in [2.05, 4.69) is 10.2 Å². The van der Waals surface area contributed by atoms with Crippen molar-refractivity contribution in [3.8, 4) is 5.88 Å². The normalized spacial score (nSPS) is 13.4. The minimum Gasteiger partial charge on any atom is -0.480 e. The SMILES string of the molecule is COc1ccc(C(O)CCCS(C)(=O)=O)nn1. The van der Waals surface area contributed by atoms with Crippen LogP contribution in [-0.2, 0) is 9.84 Å². The summed E-state index contributed by atoms with van der Waals surface area (Å²) in [5.41, 5.74) is 0.416. The number of ether oxygens (including phenoxy) is 1. The highest BCUT2D eigenvalue weighted by atomic mass is 32.2. The summed E-state index contributed by atoms with van der Waals surface area (Å²) in [6.45, 7) is 0. The Balaban J connectivity index is 2.49. The first-order valence-corrected chi connectivity index (χ1v) is 7.22.